The normalized spacial score (nSPS) is 19.8. The van der Waals surface area contributed by atoms with E-state index in [1.165, 1.54) is 16.2 Å². The number of anilines is 1. The molecule has 0 aliphatic carbocycles. The number of aliphatic hydroxyl groups is 1. The first-order valence-corrected chi connectivity index (χ1v) is 13.5. The number of hydrogen-bond donors (Lipinski definition) is 1. The molecule has 3 heterocycles. The molecule has 9 heteroatoms. The van der Waals surface area contributed by atoms with Crippen molar-refractivity contribution in [3.05, 3.63) is 82.9 Å². The van der Waals surface area contributed by atoms with Gasteiger partial charge < -0.3 is 19.3 Å². The molecule has 0 radical (unpaired) electrons. The first-order valence-electron chi connectivity index (χ1n) is 12.7. The van der Waals surface area contributed by atoms with Gasteiger partial charge >= 0.3 is 5.91 Å². The Bertz CT molecular complexity index is 1640. The summed E-state index contributed by atoms with van der Waals surface area (Å²) >= 11 is 1.28. The highest BCUT2D eigenvalue weighted by atomic mass is 32.1. The average Bonchev–Trinajstić information content (AvgIpc) is 3.60. The number of benzene rings is 3. The maximum atomic E-state index is 13.6. The summed E-state index contributed by atoms with van der Waals surface area (Å²) in [7, 11) is 1.58. The summed E-state index contributed by atoms with van der Waals surface area (Å²) in [6, 6.07) is 17.1. The van der Waals surface area contributed by atoms with Crippen molar-refractivity contribution >= 4 is 44.1 Å². The Morgan fingerprint density at radius 3 is 2.62 bits per heavy atom. The molecule has 1 saturated heterocycles. The van der Waals surface area contributed by atoms with Gasteiger partial charge in [0.1, 0.15) is 29.1 Å². The van der Waals surface area contributed by atoms with Crippen molar-refractivity contribution in [2.45, 2.75) is 32.4 Å². The summed E-state index contributed by atoms with van der Waals surface area (Å²) in [5, 5.41) is 11.9. The summed E-state index contributed by atoms with van der Waals surface area (Å²) in [5.41, 5.74) is 2.73. The Hall–Kier alpha value is -4.37. The molecule has 6 rings (SSSR count). The van der Waals surface area contributed by atoms with E-state index in [2.05, 4.69) is 4.98 Å². The maximum Gasteiger partial charge on any atom is 0.301 e. The Kier molecular flexibility index (Phi) is 6.23. The minimum Gasteiger partial charge on any atom is -0.507 e. The standard InChI is InChI=1S/C30H26N2O6S/c1-4-37-20-8-5-17(6-9-20)26-25(27(33)18-7-12-23-19(14-18)13-16(2)38-23)28(34)29(35)32(26)30-31-22-11-10-21(36-3)15-24(22)39-30/h5-12,14-16,26,33H,4,13H2,1-3H3/b27-25+/t16-,26+/m1/s1. The fourth-order valence-corrected chi connectivity index (χ4v) is 6.13. The predicted molar refractivity (Wildman–Crippen MR) is 149 cm³/mol. The number of fused-ring (bicyclic) bond motifs is 2. The summed E-state index contributed by atoms with van der Waals surface area (Å²) in [4.78, 5) is 33.2. The predicted octanol–water partition coefficient (Wildman–Crippen LogP) is 5.65. The van der Waals surface area contributed by atoms with E-state index in [0.717, 1.165) is 16.0 Å². The fourth-order valence-electron chi connectivity index (χ4n) is 5.11. The van der Waals surface area contributed by atoms with Gasteiger partial charge in [-0.05, 0) is 73.5 Å². The number of aromatic nitrogens is 1. The van der Waals surface area contributed by atoms with Gasteiger partial charge in [-0.1, -0.05) is 23.5 Å². The van der Waals surface area contributed by atoms with Crippen LogP contribution in [-0.4, -0.2) is 41.6 Å². The molecule has 198 valence electrons. The van der Waals surface area contributed by atoms with E-state index in [0.29, 0.717) is 46.3 Å². The zero-order valence-electron chi connectivity index (χ0n) is 21.6. The molecular weight excluding hydrogens is 516 g/mol. The zero-order valence-corrected chi connectivity index (χ0v) is 22.5. The molecule has 8 nitrogen and oxygen atoms in total. The minimum absolute atomic E-state index is 0.00732. The van der Waals surface area contributed by atoms with Crippen LogP contribution in [0.5, 0.6) is 17.2 Å². The van der Waals surface area contributed by atoms with Crippen LogP contribution < -0.4 is 19.1 Å². The Morgan fingerprint density at radius 1 is 1.10 bits per heavy atom. The second-order valence-corrected chi connectivity index (χ2v) is 10.5. The number of carbonyl (C=O) groups is 2. The smallest absolute Gasteiger partial charge is 0.301 e. The third kappa shape index (κ3) is 4.28. The first kappa shape index (κ1) is 24.9. The van der Waals surface area contributed by atoms with Crippen molar-refractivity contribution in [3.63, 3.8) is 0 Å². The number of amides is 1. The molecule has 2 atom stereocenters. The zero-order chi connectivity index (χ0) is 27.3. The summed E-state index contributed by atoms with van der Waals surface area (Å²) in [6.45, 7) is 4.38. The highest BCUT2D eigenvalue weighted by Crippen LogP contribution is 2.45. The van der Waals surface area contributed by atoms with Gasteiger partial charge in [0.25, 0.3) is 5.78 Å². The van der Waals surface area contributed by atoms with Gasteiger partial charge in [-0.25, -0.2) is 4.98 Å². The minimum atomic E-state index is -0.883. The Balaban J connectivity index is 1.51. The van der Waals surface area contributed by atoms with E-state index in [4.69, 9.17) is 14.2 Å². The highest BCUT2D eigenvalue weighted by molar-refractivity contribution is 7.22. The van der Waals surface area contributed by atoms with Crippen molar-refractivity contribution in [2.24, 2.45) is 0 Å². The van der Waals surface area contributed by atoms with Crippen LogP contribution in [0.4, 0.5) is 5.13 Å². The summed E-state index contributed by atoms with van der Waals surface area (Å²) in [6.07, 6.45) is 0.729. The molecule has 39 heavy (non-hydrogen) atoms. The lowest BCUT2D eigenvalue weighted by molar-refractivity contribution is -0.132. The van der Waals surface area contributed by atoms with Crippen LogP contribution >= 0.6 is 11.3 Å². The van der Waals surface area contributed by atoms with Crippen molar-refractivity contribution in [2.75, 3.05) is 18.6 Å². The molecule has 1 aromatic heterocycles. The lowest BCUT2D eigenvalue weighted by atomic mass is 9.94. The molecule has 2 aliphatic rings. The molecule has 1 amide bonds. The molecule has 0 unspecified atom stereocenters. The average molecular weight is 543 g/mol. The van der Waals surface area contributed by atoms with Crippen molar-refractivity contribution in [1.82, 2.24) is 4.98 Å². The lowest BCUT2D eigenvalue weighted by Crippen LogP contribution is -2.29. The number of nitrogens with zero attached hydrogens (tertiary/aromatic N) is 2. The molecule has 1 fully saturated rings. The number of ether oxygens (including phenoxy) is 3. The van der Waals surface area contributed by atoms with Crippen LogP contribution in [0.15, 0.2) is 66.2 Å². The molecule has 3 aromatic carbocycles. The van der Waals surface area contributed by atoms with E-state index < -0.39 is 17.7 Å². The highest BCUT2D eigenvalue weighted by Gasteiger charge is 2.48. The van der Waals surface area contributed by atoms with Crippen molar-refractivity contribution in [3.8, 4) is 17.2 Å². The summed E-state index contributed by atoms with van der Waals surface area (Å²) in [5.74, 6) is 0.330. The molecule has 0 bridgehead atoms. The van der Waals surface area contributed by atoms with Gasteiger partial charge in [0.2, 0.25) is 0 Å². The summed E-state index contributed by atoms with van der Waals surface area (Å²) < 4.78 is 17.5. The Labute approximate surface area is 229 Å². The van der Waals surface area contributed by atoms with Crippen LogP contribution in [-0.2, 0) is 16.0 Å². The number of rotatable bonds is 6. The molecule has 0 saturated carbocycles. The molecule has 4 aromatic rings. The van der Waals surface area contributed by atoms with Crippen molar-refractivity contribution in [1.29, 1.82) is 0 Å². The monoisotopic (exact) mass is 542 g/mol. The third-order valence-corrected chi connectivity index (χ3v) is 7.93. The number of Topliss-reactive ketones (excluding diaryl/α,β-unsaturated/α-hetero) is 1. The lowest BCUT2D eigenvalue weighted by Gasteiger charge is -2.23. The van der Waals surface area contributed by atoms with Gasteiger partial charge in [-0.2, -0.15) is 0 Å². The topological polar surface area (TPSA) is 98.2 Å². The molecule has 0 spiro atoms. The van der Waals surface area contributed by atoms with Gasteiger partial charge in [0.15, 0.2) is 5.13 Å². The van der Waals surface area contributed by atoms with Crippen LogP contribution in [0, 0.1) is 0 Å². The van der Waals surface area contributed by atoms with Crippen LogP contribution in [0.2, 0.25) is 0 Å². The van der Waals surface area contributed by atoms with Crippen molar-refractivity contribution < 1.29 is 28.9 Å². The quantitative estimate of drug-likeness (QED) is 0.191. The van der Waals surface area contributed by atoms with E-state index in [1.54, 1.807) is 49.6 Å². The third-order valence-electron chi connectivity index (χ3n) is 6.91. The number of carbonyl (C=O) groups excluding carboxylic acids is 2. The molecule has 2 aliphatic heterocycles. The number of aliphatic hydroxyl groups excluding tert-OH is 1. The van der Waals surface area contributed by atoms with Crippen LogP contribution in [0.25, 0.3) is 16.0 Å². The van der Waals surface area contributed by atoms with Gasteiger partial charge in [-0.3, -0.25) is 14.5 Å². The maximum absolute atomic E-state index is 13.6. The number of methoxy groups -OCH3 is 1. The number of hydrogen-bond acceptors (Lipinski definition) is 8. The Morgan fingerprint density at radius 2 is 1.87 bits per heavy atom. The van der Waals surface area contributed by atoms with Gasteiger partial charge in [0, 0.05) is 12.0 Å². The largest absolute Gasteiger partial charge is 0.507 e. The van der Waals surface area contributed by atoms with Gasteiger partial charge in [-0.15, -0.1) is 0 Å². The van der Waals surface area contributed by atoms with E-state index in [1.807, 2.05) is 32.0 Å². The molecule has 1 N–H and O–H groups in total. The van der Waals surface area contributed by atoms with Crippen LogP contribution in [0.1, 0.15) is 36.6 Å². The first-order chi connectivity index (χ1) is 18.9. The second-order valence-electron chi connectivity index (χ2n) is 9.46. The number of thiazole rings is 1. The second kappa shape index (κ2) is 9.74. The van der Waals surface area contributed by atoms with E-state index >= 15 is 0 Å². The molecular formula is C30H26N2O6S. The SMILES string of the molecule is CCOc1ccc([C@H]2/C(=C(\O)c3ccc4c(c3)C[C@@H](C)O4)C(=O)C(=O)N2c2nc3ccc(OC)cc3s2)cc1. The van der Waals surface area contributed by atoms with Crippen LogP contribution in [0.3, 0.4) is 0 Å². The van der Waals surface area contributed by atoms with Gasteiger partial charge in [0.05, 0.1) is 35.5 Å². The number of ketones is 1. The van der Waals surface area contributed by atoms with E-state index in [9.17, 15) is 14.7 Å². The fraction of sp³-hybridized carbons (Fsp3) is 0.233. The van der Waals surface area contributed by atoms with E-state index in [-0.39, 0.29) is 17.4 Å².